The third kappa shape index (κ3) is 5.18. The number of carbonyl (C=O) groups excluding carboxylic acids is 1. The average molecular weight is 525 g/mol. The van der Waals surface area contributed by atoms with Gasteiger partial charge in [0.05, 0.1) is 18.7 Å². The Morgan fingerprint density at radius 2 is 1.84 bits per heavy atom. The van der Waals surface area contributed by atoms with Gasteiger partial charge in [-0.1, -0.05) is 26.6 Å². The van der Waals surface area contributed by atoms with Gasteiger partial charge >= 0.3 is 5.97 Å². The van der Waals surface area contributed by atoms with E-state index in [4.69, 9.17) is 19.7 Å². The van der Waals surface area contributed by atoms with E-state index in [1.807, 2.05) is 27.5 Å². The van der Waals surface area contributed by atoms with Crippen LogP contribution < -0.4 is 5.32 Å². The van der Waals surface area contributed by atoms with E-state index in [-0.39, 0.29) is 16.9 Å². The van der Waals surface area contributed by atoms with Crippen LogP contribution in [0.5, 0.6) is 0 Å². The Bertz CT molecular complexity index is 1250. The number of fused-ring (bicyclic) bond motifs is 4. The maximum Gasteiger partial charge on any atom is 0.311 e. The highest BCUT2D eigenvalue weighted by molar-refractivity contribution is 6.76. The van der Waals surface area contributed by atoms with Gasteiger partial charge in [0.15, 0.2) is 5.65 Å². The van der Waals surface area contributed by atoms with Crippen LogP contribution in [0, 0.1) is 5.41 Å². The molecule has 3 aromatic heterocycles. The smallest absolute Gasteiger partial charge is 0.311 e. The fraction of sp³-hybridized carbons (Fsp3) is 0.630. The van der Waals surface area contributed by atoms with Gasteiger partial charge in [-0.05, 0) is 69.2 Å². The first-order chi connectivity index (χ1) is 17.7. The minimum absolute atomic E-state index is 0.0264. The topological polar surface area (TPSA) is 95.6 Å². The number of methoxy groups -OCH3 is 1. The summed E-state index contributed by atoms with van der Waals surface area (Å²) in [4.78, 5) is 17.0. The number of imidazole rings is 1. The van der Waals surface area contributed by atoms with E-state index in [2.05, 4.69) is 42.9 Å². The van der Waals surface area contributed by atoms with Crippen LogP contribution in [-0.4, -0.2) is 57.7 Å². The highest BCUT2D eigenvalue weighted by Gasteiger charge is 2.53. The number of aromatic nitrogens is 5. The van der Waals surface area contributed by atoms with Gasteiger partial charge in [-0.15, -0.1) is 5.10 Å². The van der Waals surface area contributed by atoms with E-state index in [9.17, 15) is 4.79 Å². The van der Waals surface area contributed by atoms with Crippen molar-refractivity contribution in [2.24, 2.45) is 5.41 Å². The third-order valence-electron chi connectivity index (χ3n) is 8.32. The molecule has 3 fully saturated rings. The van der Waals surface area contributed by atoms with Crippen molar-refractivity contribution in [2.75, 3.05) is 19.0 Å². The molecule has 0 aromatic carbocycles. The van der Waals surface area contributed by atoms with Crippen molar-refractivity contribution in [3.8, 4) is 11.4 Å². The SMILES string of the molecule is CCc1cc(-c2cnc3ccc(NC45CCC(C(=O)OC)(CC4)CC5)nn23)nn1COCC[Si](C)(C)C. The van der Waals surface area contributed by atoms with E-state index in [1.165, 1.54) is 7.11 Å². The van der Waals surface area contributed by atoms with Crippen LogP contribution in [0.4, 0.5) is 5.82 Å². The minimum atomic E-state index is -1.13. The van der Waals surface area contributed by atoms with Crippen molar-refractivity contribution in [1.82, 2.24) is 24.4 Å². The Kier molecular flexibility index (Phi) is 6.91. The zero-order valence-electron chi connectivity index (χ0n) is 22.8. The summed E-state index contributed by atoms with van der Waals surface area (Å²) >= 11 is 0. The lowest BCUT2D eigenvalue weighted by molar-refractivity contribution is -0.159. The van der Waals surface area contributed by atoms with Crippen LogP contribution in [0.1, 0.15) is 51.1 Å². The molecule has 9 nitrogen and oxygen atoms in total. The van der Waals surface area contributed by atoms with Crippen LogP contribution >= 0.6 is 0 Å². The zero-order chi connectivity index (χ0) is 26.3. The van der Waals surface area contributed by atoms with Crippen molar-refractivity contribution in [3.05, 3.63) is 30.1 Å². The van der Waals surface area contributed by atoms with Gasteiger partial charge in [-0.3, -0.25) is 4.79 Å². The number of hydrogen-bond donors (Lipinski definition) is 1. The largest absolute Gasteiger partial charge is 0.469 e. The lowest BCUT2D eigenvalue weighted by atomic mass is 9.57. The van der Waals surface area contributed by atoms with Gasteiger partial charge < -0.3 is 14.8 Å². The second-order valence-corrected chi connectivity index (χ2v) is 17.7. The quantitative estimate of drug-likeness (QED) is 0.223. The molecule has 0 amide bonds. The number of aryl methyl sites for hydroxylation is 1. The van der Waals surface area contributed by atoms with Gasteiger partial charge in [0.2, 0.25) is 0 Å². The van der Waals surface area contributed by atoms with Crippen LogP contribution in [-0.2, 0) is 27.4 Å². The van der Waals surface area contributed by atoms with E-state index < -0.39 is 8.07 Å². The second kappa shape index (κ2) is 9.87. The molecule has 3 aliphatic carbocycles. The summed E-state index contributed by atoms with van der Waals surface area (Å²) in [5.74, 6) is 0.778. The molecule has 10 heteroatoms. The van der Waals surface area contributed by atoms with Crippen LogP contribution in [0.2, 0.25) is 25.7 Å². The molecule has 6 rings (SSSR count). The van der Waals surface area contributed by atoms with Gasteiger partial charge in [0.25, 0.3) is 0 Å². The molecule has 1 N–H and O–H groups in total. The molecule has 0 spiro atoms. The number of esters is 1. The first-order valence-corrected chi connectivity index (χ1v) is 17.2. The molecule has 3 heterocycles. The van der Waals surface area contributed by atoms with Crippen LogP contribution in [0.25, 0.3) is 17.0 Å². The van der Waals surface area contributed by atoms with E-state index >= 15 is 0 Å². The lowest BCUT2D eigenvalue weighted by Gasteiger charge is -2.52. The highest BCUT2D eigenvalue weighted by atomic mass is 28.3. The maximum absolute atomic E-state index is 12.4. The number of anilines is 1. The summed E-state index contributed by atoms with van der Waals surface area (Å²) in [5, 5.41) is 13.5. The third-order valence-corrected chi connectivity index (χ3v) is 10.0. The molecular weight excluding hydrogens is 484 g/mol. The fourth-order valence-electron chi connectivity index (χ4n) is 5.79. The molecule has 2 bridgehead atoms. The zero-order valence-corrected chi connectivity index (χ0v) is 23.8. The molecular formula is C27H40N6O3Si. The summed E-state index contributed by atoms with van der Waals surface area (Å²) < 4.78 is 14.9. The molecule has 0 radical (unpaired) electrons. The lowest BCUT2D eigenvalue weighted by Crippen LogP contribution is -2.53. The Labute approximate surface area is 219 Å². The van der Waals surface area contributed by atoms with Crippen molar-refractivity contribution < 1.29 is 14.3 Å². The number of ether oxygens (including phenoxy) is 2. The van der Waals surface area contributed by atoms with Crippen molar-refractivity contribution in [3.63, 3.8) is 0 Å². The van der Waals surface area contributed by atoms with Crippen LogP contribution in [0.15, 0.2) is 24.4 Å². The average Bonchev–Trinajstić information content (AvgIpc) is 3.50. The summed E-state index contributed by atoms with van der Waals surface area (Å²) in [6, 6.07) is 7.25. The Balaban J connectivity index is 1.33. The summed E-state index contributed by atoms with van der Waals surface area (Å²) in [6.45, 7) is 10.4. The number of nitrogens with zero attached hydrogens (tertiary/aromatic N) is 5. The number of carbonyl (C=O) groups is 1. The monoisotopic (exact) mass is 524 g/mol. The highest BCUT2D eigenvalue weighted by Crippen LogP contribution is 2.53. The second-order valence-electron chi connectivity index (χ2n) is 12.0. The number of nitrogens with one attached hydrogen (secondary N) is 1. The first kappa shape index (κ1) is 25.9. The molecule has 0 aliphatic heterocycles. The van der Waals surface area contributed by atoms with E-state index in [0.29, 0.717) is 6.73 Å². The van der Waals surface area contributed by atoms with E-state index in [1.54, 1.807) is 0 Å². The molecule has 3 aromatic rings. The van der Waals surface area contributed by atoms with Gasteiger partial charge in [-0.25, -0.2) is 14.2 Å². The number of rotatable bonds is 10. The van der Waals surface area contributed by atoms with Crippen molar-refractivity contribution >= 4 is 25.5 Å². The maximum atomic E-state index is 12.4. The van der Waals surface area contributed by atoms with Crippen molar-refractivity contribution in [2.45, 2.75) is 89.8 Å². The normalized spacial score (nSPS) is 23.5. The predicted molar refractivity (Wildman–Crippen MR) is 146 cm³/mol. The standard InChI is InChI=1S/C27H40N6O3Si/c1-6-20-17-21(30-32(20)19-36-15-16-37(3,4)5)22-18-28-24-8-7-23(31-33(22)24)29-27-12-9-26(10-13-27,11-14-27)25(34)35-2/h7-8,17-18H,6,9-16,19H2,1-5H3,(H,29,31). The molecule has 0 saturated heterocycles. The van der Waals surface area contributed by atoms with Gasteiger partial charge in [-0.2, -0.15) is 5.10 Å². The Morgan fingerprint density at radius 3 is 2.49 bits per heavy atom. The Morgan fingerprint density at radius 1 is 1.11 bits per heavy atom. The Hall–Kier alpha value is -2.72. The van der Waals surface area contributed by atoms with Gasteiger partial charge in [0.1, 0.15) is 23.9 Å². The molecule has 0 unspecified atom stereocenters. The summed E-state index contributed by atoms with van der Waals surface area (Å²) in [7, 11) is 0.376. The molecule has 3 aliphatic rings. The number of hydrogen-bond acceptors (Lipinski definition) is 7. The van der Waals surface area contributed by atoms with E-state index in [0.717, 1.165) is 86.1 Å². The summed E-state index contributed by atoms with van der Waals surface area (Å²) in [6.07, 6.45) is 8.14. The van der Waals surface area contributed by atoms with Crippen LogP contribution in [0.3, 0.4) is 0 Å². The van der Waals surface area contributed by atoms with Gasteiger partial charge in [0, 0.05) is 25.9 Å². The van der Waals surface area contributed by atoms with Crippen molar-refractivity contribution in [1.29, 1.82) is 0 Å². The fourth-order valence-corrected chi connectivity index (χ4v) is 6.55. The molecule has 200 valence electrons. The predicted octanol–water partition coefficient (Wildman–Crippen LogP) is 5.15. The first-order valence-electron chi connectivity index (χ1n) is 13.5. The molecule has 37 heavy (non-hydrogen) atoms. The molecule has 3 saturated carbocycles. The minimum Gasteiger partial charge on any atom is -0.469 e. The summed E-state index contributed by atoms with van der Waals surface area (Å²) in [5.41, 5.74) is 3.31. The molecule has 0 atom stereocenters.